The predicted octanol–water partition coefficient (Wildman–Crippen LogP) is 2.39. The molecule has 0 saturated heterocycles. The smallest absolute Gasteiger partial charge is 0.178 e. The minimum absolute atomic E-state index is 0.123. The third-order valence-corrected chi connectivity index (χ3v) is 2.73. The zero-order chi connectivity index (χ0) is 14.1. The lowest BCUT2D eigenvalue weighted by Crippen LogP contribution is -1.93. The van der Waals surface area contributed by atoms with Gasteiger partial charge in [0.15, 0.2) is 11.6 Å². The van der Waals surface area contributed by atoms with Crippen molar-refractivity contribution in [3.63, 3.8) is 0 Å². The van der Waals surface area contributed by atoms with E-state index < -0.39 is 11.6 Å². The Morgan fingerprint density at radius 3 is 2.30 bits per heavy atom. The van der Waals surface area contributed by atoms with Crippen molar-refractivity contribution in [2.75, 3.05) is 5.73 Å². The summed E-state index contributed by atoms with van der Waals surface area (Å²) in [6.07, 6.45) is 3.10. The van der Waals surface area contributed by atoms with Crippen LogP contribution in [0.2, 0.25) is 0 Å². The van der Waals surface area contributed by atoms with E-state index in [-0.39, 0.29) is 11.4 Å². The summed E-state index contributed by atoms with van der Waals surface area (Å²) in [5, 5.41) is 6.54. The summed E-state index contributed by atoms with van der Waals surface area (Å²) in [6, 6.07) is 4.80. The van der Waals surface area contributed by atoms with Gasteiger partial charge in [-0.1, -0.05) is 0 Å². The highest BCUT2D eigenvalue weighted by molar-refractivity contribution is 5.85. The van der Waals surface area contributed by atoms with Crippen LogP contribution in [0.5, 0.6) is 0 Å². The number of H-pyrrole nitrogens is 1. The first-order valence-electron chi connectivity index (χ1n) is 5.73. The van der Waals surface area contributed by atoms with Gasteiger partial charge in [-0.3, -0.25) is 5.10 Å². The zero-order valence-electron chi connectivity index (χ0n) is 10.1. The van der Waals surface area contributed by atoms with Crippen molar-refractivity contribution >= 4 is 5.82 Å². The molecule has 0 atom stereocenters. The molecule has 7 heteroatoms. The van der Waals surface area contributed by atoms with Gasteiger partial charge in [0, 0.05) is 18.5 Å². The van der Waals surface area contributed by atoms with Crippen molar-refractivity contribution in [2.24, 2.45) is 0 Å². The van der Waals surface area contributed by atoms with E-state index in [9.17, 15) is 8.78 Å². The molecule has 2 aromatic heterocycles. The first-order valence-corrected chi connectivity index (χ1v) is 5.73. The Kier molecular flexibility index (Phi) is 2.86. The van der Waals surface area contributed by atoms with Crippen LogP contribution in [-0.4, -0.2) is 20.2 Å². The summed E-state index contributed by atoms with van der Waals surface area (Å²) in [4.78, 5) is 8.14. The highest BCUT2D eigenvalue weighted by atomic mass is 19.1. The Morgan fingerprint density at radius 1 is 1.00 bits per heavy atom. The van der Waals surface area contributed by atoms with Crippen LogP contribution in [0.25, 0.3) is 22.6 Å². The SMILES string of the molecule is Nc1n[nH]c(-c2ncccn2)c1-c1cc(F)cc(F)c1. The fraction of sp³-hybridized carbons (Fsp3) is 0. The van der Waals surface area contributed by atoms with Gasteiger partial charge in [-0.25, -0.2) is 18.7 Å². The molecule has 1 aromatic carbocycles. The van der Waals surface area contributed by atoms with E-state index >= 15 is 0 Å². The van der Waals surface area contributed by atoms with E-state index in [1.807, 2.05) is 0 Å². The summed E-state index contributed by atoms with van der Waals surface area (Å²) >= 11 is 0. The van der Waals surface area contributed by atoms with Crippen LogP contribution in [0.3, 0.4) is 0 Å². The van der Waals surface area contributed by atoms with Gasteiger partial charge in [-0.05, 0) is 23.8 Å². The topological polar surface area (TPSA) is 80.5 Å². The monoisotopic (exact) mass is 273 g/mol. The van der Waals surface area contributed by atoms with Gasteiger partial charge < -0.3 is 5.73 Å². The standard InChI is InChI=1S/C13H9F2N5/c14-8-4-7(5-9(15)6-8)10-11(19-20-12(10)16)13-17-2-1-3-18-13/h1-6H,(H3,16,19,20). The molecule has 0 fully saturated rings. The Morgan fingerprint density at radius 2 is 1.65 bits per heavy atom. The number of halogens is 2. The highest BCUT2D eigenvalue weighted by Gasteiger charge is 2.17. The van der Waals surface area contributed by atoms with Crippen molar-refractivity contribution in [3.05, 3.63) is 48.3 Å². The molecule has 0 aliphatic rings. The predicted molar refractivity (Wildman–Crippen MR) is 69.4 cm³/mol. The van der Waals surface area contributed by atoms with E-state index in [0.717, 1.165) is 6.07 Å². The van der Waals surface area contributed by atoms with E-state index in [2.05, 4.69) is 20.2 Å². The van der Waals surface area contributed by atoms with Gasteiger partial charge in [-0.15, -0.1) is 0 Å². The van der Waals surface area contributed by atoms with Crippen molar-refractivity contribution < 1.29 is 8.78 Å². The first kappa shape index (κ1) is 12.2. The molecule has 0 radical (unpaired) electrons. The third-order valence-electron chi connectivity index (χ3n) is 2.73. The third kappa shape index (κ3) is 2.09. The maximum Gasteiger partial charge on any atom is 0.178 e. The highest BCUT2D eigenvalue weighted by Crippen LogP contribution is 2.33. The van der Waals surface area contributed by atoms with Crippen LogP contribution in [0.4, 0.5) is 14.6 Å². The molecule has 5 nitrogen and oxygen atoms in total. The summed E-state index contributed by atoms with van der Waals surface area (Å²) < 4.78 is 26.7. The Hall–Kier alpha value is -2.83. The number of rotatable bonds is 2. The molecule has 0 unspecified atom stereocenters. The lowest BCUT2D eigenvalue weighted by atomic mass is 10.0. The van der Waals surface area contributed by atoms with Crippen LogP contribution < -0.4 is 5.73 Å². The van der Waals surface area contributed by atoms with E-state index in [0.29, 0.717) is 17.1 Å². The van der Waals surface area contributed by atoms with Crippen molar-refractivity contribution in [2.45, 2.75) is 0 Å². The minimum Gasteiger partial charge on any atom is -0.382 e. The summed E-state index contributed by atoms with van der Waals surface area (Å²) in [7, 11) is 0. The van der Waals surface area contributed by atoms with Crippen LogP contribution >= 0.6 is 0 Å². The van der Waals surface area contributed by atoms with Crippen molar-refractivity contribution in [1.82, 2.24) is 20.2 Å². The number of nitrogens with two attached hydrogens (primary N) is 1. The molecular formula is C13H9F2N5. The Labute approximate surface area is 112 Å². The van der Waals surface area contributed by atoms with Gasteiger partial charge in [0.1, 0.15) is 17.3 Å². The molecule has 100 valence electrons. The summed E-state index contributed by atoms with van der Waals surface area (Å²) in [5.74, 6) is -0.921. The van der Waals surface area contributed by atoms with Crippen LogP contribution in [0.1, 0.15) is 0 Å². The molecule has 3 rings (SSSR count). The molecule has 0 aliphatic heterocycles. The minimum atomic E-state index is -0.694. The normalized spacial score (nSPS) is 10.7. The van der Waals surface area contributed by atoms with E-state index in [1.54, 1.807) is 18.5 Å². The number of anilines is 1. The van der Waals surface area contributed by atoms with Gasteiger partial charge in [-0.2, -0.15) is 5.10 Å². The molecule has 0 aliphatic carbocycles. The number of nitrogens with zero attached hydrogens (tertiary/aromatic N) is 3. The fourth-order valence-corrected chi connectivity index (χ4v) is 1.94. The first-order chi connectivity index (χ1) is 9.65. The largest absolute Gasteiger partial charge is 0.382 e. The number of aromatic nitrogens is 4. The lowest BCUT2D eigenvalue weighted by Gasteiger charge is -2.04. The summed E-state index contributed by atoms with van der Waals surface area (Å²) in [6.45, 7) is 0. The number of nitrogens with one attached hydrogen (secondary N) is 1. The van der Waals surface area contributed by atoms with Gasteiger partial charge in [0.2, 0.25) is 0 Å². The number of benzene rings is 1. The van der Waals surface area contributed by atoms with Crippen LogP contribution in [-0.2, 0) is 0 Å². The molecule has 0 spiro atoms. The molecule has 3 aromatic rings. The van der Waals surface area contributed by atoms with Gasteiger partial charge >= 0.3 is 0 Å². The molecule has 0 amide bonds. The molecule has 0 bridgehead atoms. The quantitative estimate of drug-likeness (QED) is 0.751. The van der Waals surface area contributed by atoms with Crippen molar-refractivity contribution in [3.8, 4) is 22.6 Å². The molecule has 0 saturated carbocycles. The molecule has 3 N–H and O–H groups in total. The second-order valence-corrected chi connectivity index (χ2v) is 4.09. The molecule has 2 heterocycles. The maximum atomic E-state index is 13.3. The Bertz CT molecular complexity index is 734. The fourth-order valence-electron chi connectivity index (χ4n) is 1.94. The van der Waals surface area contributed by atoms with Crippen molar-refractivity contribution in [1.29, 1.82) is 0 Å². The van der Waals surface area contributed by atoms with Gasteiger partial charge in [0.25, 0.3) is 0 Å². The lowest BCUT2D eigenvalue weighted by molar-refractivity contribution is 0.584. The second kappa shape index (κ2) is 4.69. The maximum absolute atomic E-state index is 13.3. The number of aromatic amines is 1. The average molecular weight is 273 g/mol. The number of nitrogen functional groups attached to an aromatic ring is 1. The number of hydrogen-bond donors (Lipinski definition) is 2. The van der Waals surface area contributed by atoms with E-state index in [4.69, 9.17) is 5.73 Å². The number of hydrogen-bond acceptors (Lipinski definition) is 4. The van der Waals surface area contributed by atoms with Crippen LogP contribution in [0.15, 0.2) is 36.7 Å². The molecule has 20 heavy (non-hydrogen) atoms. The van der Waals surface area contributed by atoms with Gasteiger partial charge in [0.05, 0.1) is 5.56 Å². The summed E-state index contributed by atoms with van der Waals surface area (Å²) in [5.41, 5.74) is 6.82. The van der Waals surface area contributed by atoms with Crippen LogP contribution in [0, 0.1) is 11.6 Å². The molecular weight excluding hydrogens is 264 g/mol. The Balaban J connectivity index is 2.22. The second-order valence-electron chi connectivity index (χ2n) is 4.09. The zero-order valence-corrected chi connectivity index (χ0v) is 10.1. The average Bonchev–Trinajstić information content (AvgIpc) is 2.80. The van der Waals surface area contributed by atoms with E-state index in [1.165, 1.54) is 12.1 Å².